The van der Waals surface area contributed by atoms with Crippen molar-refractivity contribution in [1.82, 2.24) is 4.98 Å². The summed E-state index contributed by atoms with van der Waals surface area (Å²) in [5.74, 6) is -0.572. The minimum absolute atomic E-state index is 0.108. The second-order valence-corrected chi connectivity index (χ2v) is 7.02. The van der Waals surface area contributed by atoms with Crippen molar-refractivity contribution in [3.63, 3.8) is 0 Å². The molecule has 4 aromatic rings. The molecule has 1 amide bonds. The van der Waals surface area contributed by atoms with Crippen LogP contribution in [0.2, 0.25) is 0 Å². The van der Waals surface area contributed by atoms with E-state index in [-0.39, 0.29) is 5.56 Å². The van der Waals surface area contributed by atoms with Gasteiger partial charge in [0.2, 0.25) is 5.56 Å². The minimum atomic E-state index is -0.743. The Labute approximate surface area is 183 Å². The lowest BCUT2D eigenvalue weighted by atomic mass is 10.1. The SMILES string of the molecule is O=C(COC(=O)c1cc(=O)[nH]c2ccccc12)Nc1ccc(OCc2ccccc2)cc1. The van der Waals surface area contributed by atoms with E-state index in [1.165, 1.54) is 0 Å². The summed E-state index contributed by atoms with van der Waals surface area (Å²) in [6.07, 6.45) is 0. The predicted molar refractivity (Wildman–Crippen MR) is 121 cm³/mol. The molecule has 0 radical (unpaired) electrons. The lowest BCUT2D eigenvalue weighted by molar-refractivity contribution is -0.119. The lowest BCUT2D eigenvalue weighted by Crippen LogP contribution is -2.21. The average Bonchev–Trinajstić information content (AvgIpc) is 2.82. The molecule has 1 aromatic heterocycles. The van der Waals surface area contributed by atoms with Crippen LogP contribution in [-0.2, 0) is 16.1 Å². The number of carbonyl (C=O) groups is 2. The molecule has 160 valence electrons. The summed E-state index contributed by atoms with van der Waals surface area (Å²) in [6.45, 7) is -0.0360. The van der Waals surface area contributed by atoms with Crippen LogP contribution in [0.5, 0.6) is 5.75 Å². The third-order valence-corrected chi connectivity index (χ3v) is 4.69. The molecular formula is C25H20N2O5. The molecule has 1 heterocycles. The van der Waals surface area contributed by atoms with Crippen molar-refractivity contribution < 1.29 is 19.1 Å². The molecule has 2 N–H and O–H groups in total. The maximum atomic E-state index is 12.4. The van der Waals surface area contributed by atoms with Gasteiger partial charge in [0.1, 0.15) is 12.4 Å². The topological polar surface area (TPSA) is 97.5 Å². The van der Waals surface area contributed by atoms with E-state index in [0.717, 1.165) is 11.6 Å². The maximum absolute atomic E-state index is 12.4. The zero-order chi connectivity index (χ0) is 22.3. The average molecular weight is 428 g/mol. The zero-order valence-electron chi connectivity index (χ0n) is 17.0. The Hall–Kier alpha value is -4.39. The van der Waals surface area contributed by atoms with E-state index in [1.54, 1.807) is 48.5 Å². The number of pyridine rings is 1. The molecule has 0 aliphatic heterocycles. The van der Waals surface area contributed by atoms with Crippen molar-refractivity contribution in [2.45, 2.75) is 6.61 Å². The monoisotopic (exact) mass is 428 g/mol. The van der Waals surface area contributed by atoms with E-state index in [1.807, 2.05) is 30.3 Å². The molecule has 0 unspecified atom stereocenters. The van der Waals surface area contributed by atoms with Crippen LogP contribution in [0.1, 0.15) is 15.9 Å². The number of benzene rings is 3. The first kappa shape index (κ1) is 20.9. The predicted octanol–water partition coefficient (Wildman–Crippen LogP) is 3.90. The Balaban J connectivity index is 1.31. The van der Waals surface area contributed by atoms with Crippen LogP contribution in [0.4, 0.5) is 5.69 Å². The zero-order valence-corrected chi connectivity index (χ0v) is 17.0. The number of ether oxygens (including phenoxy) is 2. The summed E-state index contributed by atoms with van der Waals surface area (Å²) < 4.78 is 10.8. The van der Waals surface area contributed by atoms with Gasteiger partial charge in [-0.15, -0.1) is 0 Å². The van der Waals surface area contributed by atoms with Crippen molar-refractivity contribution in [1.29, 1.82) is 0 Å². The number of para-hydroxylation sites is 1. The normalized spacial score (nSPS) is 10.5. The smallest absolute Gasteiger partial charge is 0.339 e. The standard InChI is InChI=1S/C25H20N2O5/c28-23-14-21(20-8-4-5-9-22(20)27-23)25(30)32-16-24(29)26-18-10-12-19(13-11-18)31-15-17-6-2-1-3-7-17/h1-14H,15-16H2,(H,26,29)(H,27,28). The molecule has 7 heteroatoms. The Kier molecular flexibility index (Phi) is 6.27. The van der Waals surface area contributed by atoms with Gasteiger partial charge < -0.3 is 19.8 Å². The number of fused-ring (bicyclic) bond motifs is 1. The molecular weight excluding hydrogens is 408 g/mol. The largest absolute Gasteiger partial charge is 0.489 e. The summed E-state index contributed by atoms with van der Waals surface area (Å²) >= 11 is 0. The highest BCUT2D eigenvalue weighted by Crippen LogP contribution is 2.18. The maximum Gasteiger partial charge on any atom is 0.339 e. The van der Waals surface area contributed by atoms with Crippen LogP contribution < -0.4 is 15.6 Å². The first-order valence-corrected chi connectivity index (χ1v) is 9.94. The fraction of sp³-hybridized carbons (Fsp3) is 0.0800. The van der Waals surface area contributed by atoms with Crippen LogP contribution >= 0.6 is 0 Å². The van der Waals surface area contributed by atoms with Gasteiger partial charge in [-0.1, -0.05) is 48.5 Å². The molecule has 32 heavy (non-hydrogen) atoms. The van der Waals surface area contributed by atoms with Gasteiger partial charge in [0, 0.05) is 22.7 Å². The number of aromatic amines is 1. The van der Waals surface area contributed by atoms with Crippen molar-refractivity contribution >= 4 is 28.5 Å². The molecule has 0 fully saturated rings. The number of nitrogens with one attached hydrogen (secondary N) is 2. The van der Waals surface area contributed by atoms with Crippen LogP contribution in [0, 0.1) is 0 Å². The van der Waals surface area contributed by atoms with E-state index in [4.69, 9.17) is 9.47 Å². The van der Waals surface area contributed by atoms with Crippen molar-refractivity contribution in [3.8, 4) is 5.75 Å². The number of esters is 1. The third kappa shape index (κ3) is 5.20. The molecule has 0 spiro atoms. The molecule has 7 nitrogen and oxygen atoms in total. The number of hydrogen-bond acceptors (Lipinski definition) is 5. The van der Waals surface area contributed by atoms with Crippen molar-refractivity contribution in [2.24, 2.45) is 0 Å². The Morgan fingerprint density at radius 2 is 1.59 bits per heavy atom. The van der Waals surface area contributed by atoms with Gasteiger partial charge in [-0.3, -0.25) is 9.59 Å². The number of carbonyl (C=O) groups excluding carboxylic acids is 2. The summed E-state index contributed by atoms with van der Waals surface area (Å²) in [5.41, 5.74) is 1.80. The third-order valence-electron chi connectivity index (χ3n) is 4.69. The first-order valence-electron chi connectivity index (χ1n) is 9.94. The number of anilines is 1. The molecule has 0 bridgehead atoms. The Bertz CT molecular complexity index is 1300. The first-order chi connectivity index (χ1) is 15.6. The molecule has 0 atom stereocenters. The summed E-state index contributed by atoms with van der Waals surface area (Å²) in [6, 6.07) is 24.7. The van der Waals surface area contributed by atoms with Crippen LogP contribution in [0.3, 0.4) is 0 Å². The van der Waals surface area contributed by atoms with E-state index < -0.39 is 24.0 Å². The highest BCUT2D eigenvalue weighted by molar-refractivity contribution is 6.04. The van der Waals surface area contributed by atoms with Crippen LogP contribution in [-0.4, -0.2) is 23.5 Å². The lowest BCUT2D eigenvalue weighted by Gasteiger charge is -2.09. The second kappa shape index (κ2) is 9.61. The van der Waals surface area contributed by atoms with E-state index in [2.05, 4.69) is 10.3 Å². The number of amides is 1. The summed E-state index contributed by atoms with van der Waals surface area (Å²) in [4.78, 5) is 39.1. The Morgan fingerprint density at radius 3 is 2.38 bits per heavy atom. The Morgan fingerprint density at radius 1 is 0.875 bits per heavy atom. The van der Waals surface area contributed by atoms with Gasteiger partial charge in [0.25, 0.3) is 5.91 Å². The molecule has 4 rings (SSSR count). The summed E-state index contributed by atoms with van der Waals surface area (Å²) in [7, 11) is 0. The van der Waals surface area contributed by atoms with Crippen LogP contribution in [0.15, 0.2) is 89.7 Å². The minimum Gasteiger partial charge on any atom is -0.489 e. The van der Waals surface area contributed by atoms with Gasteiger partial charge in [-0.25, -0.2) is 4.79 Å². The van der Waals surface area contributed by atoms with Crippen molar-refractivity contribution in [3.05, 3.63) is 106 Å². The molecule has 0 aliphatic carbocycles. The summed E-state index contributed by atoms with van der Waals surface area (Å²) in [5, 5.41) is 3.20. The number of H-pyrrole nitrogens is 1. The fourth-order valence-electron chi connectivity index (χ4n) is 3.15. The molecule has 0 saturated carbocycles. The highest BCUT2D eigenvalue weighted by atomic mass is 16.5. The van der Waals surface area contributed by atoms with E-state index in [0.29, 0.717) is 28.9 Å². The van der Waals surface area contributed by atoms with E-state index >= 15 is 0 Å². The van der Waals surface area contributed by atoms with Gasteiger partial charge in [0.15, 0.2) is 6.61 Å². The van der Waals surface area contributed by atoms with E-state index in [9.17, 15) is 14.4 Å². The molecule has 0 aliphatic rings. The van der Waals surface area contributed by atoms with Gasteiger partial charge in [0.05, 0.1) is 5.56 Å². The van der Waals surface area contributed by atoms with Gasteiger partial charge >= 0.3 is 5.97 Å². The number of rotatable bonds is 7. The molecule has 3 aromatic carbocycles. The fourth-order valence-corrected chi connectivity index (χ4v) is 3.15. The van der Waals surface area contributed by atoms with Gasteiger partial charge in [-0.05, 0) is 35.9 Å². The number of aromatic nitrogens is 1. The van der Waals surface area contributed by atoms with Crippen LogP contribution in [0.25, 0.3) is 10.9 Å². The number of hydrogen-bond donors (Lipinski definition) is 2. The highest BCUT2D eigenvalue weighted by Gasteiger charge is 2.15. The quantitative estimate of drug-likeness (QED) is 0.435. The van der Waals surface area contributed by atoms with Gasteiger partial charge in [-0.2, -0.15) is 0 Å². The molecule has 0 saturated heterocycles. The van der Waals surface area contributed by atoms with Crippen molar-refractivity contribution in [2.75, 3.05) is 11.9 Å². The second-order valence-electron chi connectivity index (χ2n) is 7.02.